The van der Waals surface area contributed by atoms with Gasteiger partial charge in [-0.15, -0.1) is 0 Å². The molecule has 5 nitrogen and oxygen atoms in total. The fourth-order valence-electron chi connectivity index (χ4n) is 2.40. The number of aryl methyl sites for hydroxylation is 1. The molecular formula is C18H17N3O2. The summed E-state index contributed by atoms with van der Waals surface area (Å²) in [5.74, 6) is -0.254. The van der Waals surface area contributed by atoms with Crippen LogP contribution in [0.15, 0.2) is 54.7 Å². The van der Waals surface area contributed by atoms with Crippen LogP contribution < -0.4 is 5.32 Å². The van der Waals surface area contributed by atoms with Gasteiger partial charge in [-0.2, -0.15) is 5.10 Å². The van der Waals surface area contributed by atoms with Crippen molar-refractivity contribution in [3.63, 3.8) is 0 Å². The average Bonchev–Trinajstić information content (AvgIpc) is 2.92. The van der Waals surface area contributed by atoms with Crippen molar-refractivity contribution in [1.29, 1.82) is 0 Å². The molecule has 0 spiro atoms. The van der Waals surface area contributed by atoms with Crippen molar-refractivity contribution in [2.24, 2.45) is 0 Å². The summed E-state index contributed by atoms with van der Waals surface area (Å²) in [4.78, 5) is 12.4. The molecule has 116 valence electrons. The highest BCUT2D eigenvalue weighted by molar-refractivity contribution is 6.05. The van der Waals surface area contributed by atoms with Gasteiger partial charge in [0.1, 0.15) is 5.75 Å². The minimum absolute atomic E-state index is 0.0476. The number of aromatic hydroxyl groups is 1. The van der Waals surface area contributed by atoms with Crippen LogP contribution in [0.2, 0.25) is 0 Å². The predicted molar refractivity (Wildman–Crippen MR) is 89.1 cm³/mol. The van der Waals surface area contributed by atoms with Crippen LogP contribution in [0.4, 0.5) is 5.69 Å². The second-order valence-electron chi connectivity index (χ2n) is 5.37. The zero-order valence-electron chi connectivity index (χ0n) is 12.9. The maximum Gasteiger partial charge on any atom is 0.259 e. The van der Waals surface area contributed by atoms with Crippen LogP contribution in [0.1, 0.15) is 21.6 Å². The molecule has 2 N–H and O–H groups in total. The summed E-state index contributed by atoms with van der Waals surface area (Å²) in [6.45, 7) is 3.71. The molecule has 0 saturated carbocycles. The summed E-state index contributed by atoms with van der Waals surface area (Å²) in [6.07, 6.45) is 1.53. The van der Waals surface area contributed by atoms with Gasteiger partial charge in [0.05, 0.1) is 28.8 Å². The molecule has 0 unspecified atom stereocenters. The molecule has 1 aromatic heterocycles. The number of rotatable bonds is 3. The van der Waals surface area contributed by atoms with Crippen molar-refractivity contribution in [3.05, 3.63) is 71.5 Å². The van der Waals surface area contributed by atoms with Gasteiger partial charge in [0.25, 0.3) is 5.91 Å². The SMILES string of the molecule is Cc1ccc(NC(=O)c2cnn(-c3ccccc3)c2C)c(O)c1. The Bertz CT molecular complexity index is 854. The van der Waals surface area contributed by atoms with Crippen LogP contribution in [0, 0.1) is 13.8 Å². The molecule has 0 aliphatic rings. The van der Waals surface area contributed by atoms with Crippen LogP contribution in [-0.2, 0) is 0 Å². The molecule has 0 fully saturated rings. The smallest absolute Gasteiger partial charge is 0.259 e. The molecule has 0 bridgehead atoms. The summed E-state index contributed by atoms with van der Waals surface area (Å²) in [5.41, 5.74) is 3.40. The number of nitrogens with one attached hydrogen (secondary N) is 1. The Hall–Kier alpha value is -3.08. The molecule has 0 radical (unpaired) electrons. The number of aromatic nitrogens is 2. The first-order valence-electron chi connectivity index (χ1n) is 7.27. The quantitative estimate of drug-likeness (QED) is 0.728. The lowest BCUT2D eigenvalue weighted by Gasteiger charge is -2.08. The Morgan fingerprint density at radius 2 is 1.87 bits per heavy atom. The number of phenols is 1. The third-order valence-corrected chi connectivity index (χ3v) is 3.66. The number of hydrogen-bond acceptors (Lipinski definition) is 3. The predicted octanol–water partition coefficient (Wildman–Crippen LogP) is 3.45. The highest BCUT2D eigenvalue weighted by Crippen LogP contribution is 2.25. The molecule has 3 aromatic rings. The largest absolute Gasteiger partial charge is 0.506 e. The Morgan fingerprint density at radius 3 is 2.57 bits per heavy atom. The Kier molecular flexibility index (Phi) is 3.85. The minimum Gasteiger partial charge on any atom is -0.506 e. The third-order valence-electron chi connectivity index (χ3n) is 3.66. The number of para-hydroxylation sites is 1. The maximum absolute atomic E-state index is 12.4. The molecule has 23 heavy (non-hydrogen) atoms. The van der Waals surface area contributed by atoms with Crippen molar-refractivity contribution < 1.29 is 9.90 Å². The zero-order valence-corrected chi connectivity index (χ0v) is 12.9. The van der Waals surface area contributed by atoms with E-state index in [0.29, 0.717) is 11.3 Å². The van der Waals surface area contributed by atoms with E-state index in [1.165, 1.54) is 6.20 Å². The van der Waals surface area contributed by atoms with E-state index in [1.54, 1.807) is 16.8 Å². The van der Waals surface area contributed by atoms with Crippen molar-refractivity contribution in [2.75, 3.05) is 5.32 Å². The molecule has 0 aliphatic carbocycles. The van der Waals surface area contributed by atoms with Crippen molar-refractivity contribution in [1.82, 2.24) is 9.78 Å². The van der Waals surface area contributed by atoms with Gasteiger partial charge < -0.3 is 10.4 Å². The first-order chi connectivity index (χ1) is 11.1. The number of anilines is 1. The monoisotopic (exact) mass is 307 g/mol. The van der Waals surface area contributed by atoms with Crippen LogP contribution in [-0.4, -0.2) is 20.8 Å². The standard InChI is InChI=1S/C18H17N3O2/c1-12-8-9-16(17(22)10-12)20-18(23)15-11-19-21(13(15)2)14-6-4-3-5-7-14/h3-11,22H,1-2H3,(H,20,23). The van der Waals surface area contributed by atoms with Crippen molar-refractivity contribution in [3.8, 4) is 11.4 Å². The zero-order chi connectivity index (χ0) is 16.4. The summed E-state index contributed by atoms with van der Waals surface area (Å²) in [5, 5.41) is 16.9. The Balaban J connectivity index is 1.88. The van der Waals surface area contributed by atoms with Gasteiger partial charge in [-0.3, -0.25) is 4.79 Å². The molecular weight excluding hydrogens is 290 g/mol. The van der Waals surface area contributed by atoms with Gasteiger partial charge >= 0.3 is 0 Å². The maximum atomic E-state index is 12.4. The van der Waals surface area contributed by atoms with E-state index in [-0.39, 0.29) is 11.7 Å². The van der Waals surface area contributed by atoms with E-state index in [9.17, 15) is 9.90 Å². The lowest BCUT2D eigenvalue weighted by molar-refractivity contribution is 0.102. The lowest BCUT2D eigenvalue weighted by atomic mass is 10.2. The summed E-state index contributed by atoms with van der Waals surface area (Å²) in [6, 6.07) is 14.7. The molecule has 1 amide bonds. The van der Waals surface area contributed by atoms with E-state index in [1.807, 2.05) is 50.2 Å². The number of nitrogens with zero attached hydrogens (tertiary/aromatic N) is 2. The van der Waals surface area contributed by atoms with Crippen LogP contribution >= 0.6 is 0 Å². The molecule has 3 rings (SSSR count). The molecule has 0 saturated heterocycles. The van der Waals surface area contributed by atoms with E-state index < -0.39 is 0 Å². The van der Waals surface area contributed by atoms with Gasteiger partial charge in [-0.05, 0) is 43.7 Å². The van der Waals surface area contributed by atoms with E-state index in [4.69, 9.17) is 0 Å². The molecule has 2 aromatic carbocycles. The Labute approximate surface area is 134 Å². The molecule has 1 heterocycles. The van der Waals surface area contributed by atoms with Crippen LogP contribution in [0.25, 0.3) is 5.69 Å². The second-order valence-corrected chi connectivity index (χ2v) is 5.37. The molecule has 5 heteroatoms. The van der Waals surface area contributed by atoms with Crippen LogP contribution in [0.5, 0.6) is 5.75 Å². The summed E-state index contributed by atoms with van der Waals surface area (Å²) < 4.78 is 1.71. The van der Waals surface area contributed by atoms with Gasteiger partial charge in [-0.25, -0.2) is 4.68 Å². The van der Waals surface area contributed by atoms with Crippen molar-refractivity contribution in [2.45, 2.75) is 13.8 Å². The van der Waals surface area contributed by atoms with Gasteiger partial charge in [0.15, 0.2) is 0 Å². The summed E-state index contributed by atoms with van der Waals surface area (Å²) in [7, 11) is 0. The number of phenolic OH excluding ortho intramolecular Hbond substituents is 1. The number of hydrogen-bond donors (Lipinski definition) is 2. The van der Waals surface area contributed by atoms with Gasteiger partial charge in [0, 0.05) is 0 Å². The fraction of sp³-hybridized carbons (Fsp3) is 0.111. The van der Waals surface area contributed by atoms with Crippen LogP contribution in [0.3, 0.4) is 0 Å². The van der Waals surface area contributed by atoms with E-state index >= 15 is 0 Å². The third kappa shape index (κ3) is 2.94. The lowest BCUT2D eigenvalue weighted by Crippen LogP contribution is -2.13. The Morgan fingerprint density at radius 1 is 1.13 bits per heavy atom. The highest BCUT2D eigenvalue weighted by atomic mass is 16.3. The minimum atomic E-state index is -0.302. The van der Waals surface area contributed by atoms with Crippen molar-refractivity contribution >= 4 is 11.6 Å². The number of benzene rings is 2. The van der Waals surface area contributed by atoms with E-state index in [2.05, 4.69) is 10.4 Å². The normalized spacial score (nSPS) is 10.5. The molecule has 0 aliphatic heterocycles. The number of carbonyl (C=O) groups excluding carboxylic acids is 1. The van der Waals surface area contributed by atoms with Gasteiger partial charge in [-0.1, -0.05) is 24.3 Å². The first-order valence-corrected chi connectivity index (χ1v) is 7.27. The summed E-state index contributed by atoms with van der Waals surface area (Å²) >= 11 is 0. The second kappa shape index (κ2) is 5.96. The number of carbonyl (C=O) groups is 1. The highest BCUT2D eigenvalue weighted by Gasteiger charge is 2.16. The van der Waals surface area contributed by atoms with Gasteiger partial charge in [0.2, 0.25) is 0 Å². The number of amides is 1. The molecule has 0 atom stereocenters. The first kappa shape index (κ1) is 14.8. The average molecular weight is 307 g/mol. The topological polar surface area (TPSA) is 67.2 Å². The fourth-order valence-corrected chi connectivity index (χ4v) is 2.40. The van der Waals surface area contributed by atoms with E-state index in [0.717, 1.165) is 16.9 Å².